The van der Waals surface area contributed by atoms with Crippen LogP contribution in [0.2, 0.25) is 0 Å². The van der Waals surface area contributed by atoms with E-state index in [1.54, 1.807) is 0 Å². The normalized spacial score (nSPS) is 23.1. The molecule has 0 aromatic heterocycles. The van der Waals surface area contributed by atoms with Crippen molar-refractivity contribution >= 4 is 6.41 Å². The van der Waals surface area contributed by atoms with Gasteiger partial charge in [0, 0.05) is 32.8 Å². The van der Waals surface area contributed by atoms with Crippen LogP contribution in [0, 0.1) is 0 Å². The molecule has 2 rings (SSSR count). The highest BCUT2D eigenvalue weighted by molar-refractivity contribution is 5.46. The summed E-state index contributed by atoms with van der Waals surface area (Å²) in [6.45, 7) is 13.5. The van der Waals surface area contributed by atoms with Crippen LogP contribution in [0.3, 0.4) is 0 Å². The van der Waals surface area contributed by atoms with Gasteiger partial charge in [0.2, 0.25) is 6.41 Å². The lowest BCUT2D eigenvalue weighted by atomic mass is 10.3. The van der Waals surface area contributed by atoms with Gasteiger partial charge in [0.25, 0.3) is 0 Å². The molecule has 0 aromatic rings. The number of hydrogen-bond acceptors (Lipinski definition) is 4. The van der Waals surface area contributed by atoms with Crippen molar-refractivity contribution < 1.29 is 9.53 Å². The minimum Gasteiger partial charge on any atom is -0.359 e. The molecule has 2 saturated heterocycles. The summed E-state index contributed by atoms with van der Waals surface area (Å²) in [7, 11) is 2.19. The average molecular weight is 287 g/mol. The molecule has 1 N–H and O–H groups in total. The molecule has 0 saturated carbocycles. The molecule has 2 heterocycles. The molecular weight excluding hydrogens is 254 g/mol. The molecule has 1 unspecified atom stereocenters. The molecule has 2 fully saturated rings. The Labute approximate surface area is 124 Å². The minimum atomic E-state index is -0.00694. The van der Waals surface area contributed by atoms with Crippen molar-refractivity contribution in [2.24, 2.45) is 0 Å². The summed E-state index contributed by atoms with van der Waals surface area (Å²) >= 11 is 0. The third kappa shape index (κ3) is 10.2. The van der Waals surface area contributed by atoms with E-state index >= 15 is 0 Å². The third-order valence-corrected chi connectivity index (χ3v) is 3.23. The third-order valence-electron chi connectivity index (χ3n) is 3.23. The molecule has 1 atom stereocenters. The molecule has 5 nitrogen and oxygen atoms in total. The second-order valence-electron chi connectivity index (χ2n) is 5.23. The predicted molar refractivity (Wildman–Crippen MR) is 83.7 cm³/mol. The zero-order valence-corrected chi connectivity index (χ0v) is 13.7. The molecule has 1 amide bonds. The lowest BCUT2D eigenvalue weighted by Crippen LogP contribution is -2.44. The average Bonchev–Trinajstić information content (AvgIpc) is 2.95. The second kappa shape index (κ2) is 13.3. The maximum Gasteiger partial charge on any atom is 0.209 e. The first-order valence-corrected chi connectivity index (χ1v) is 7.90. The van der Waals surface area contributed by atoms with Crippen molar-refractivity contribution in [1.82, 2.24) is 15.1 Å². The highest BCUT2D eigenvalue weighted by Gasteiger charge is 2.12. The number of piperazine rings is 1. The highest BCUT2D eigenvalue weighted by atomic mass is 16.5. The molecule has 20 heavy (non-hydrogen) atoms. The molecule has 0 spiro atoms. The van der Waals surface area contributed by atoms with Crippen LogP contribution in [-0.4, -0.2) is 68.8 Å². The lowest BCUT2D eigenvalue weighted by Gasteiger charge is -2.31. The van der Waals surface area contributed by atoms with Gasteiger partial charge in [-0.2, -0.15) is 0 Å². The van der Waals surface area contributed by atoms with Crippen LogP contribution in [-0.2, 0) is 9.53 Å². The van der Waals surface area contributed by atoms with Gasteiger partial charge in [0.1, 0.15) is 6.23 Å². The number of rotatable bonds is 3. The Morgan fingerprint density at radius 1 is 1.20 bits per heavy atom. The first kappa shape index (κ1) is 19.4. The number of ether oxygens (including phenoxy) is 1. The Hall–Kier alpha value is -0.650. The van der Waals surface area contributed by atoms with Gasteiger partial charge >= 0.3 is 0 Å². The summed E-state index contributed by atoms with van der Waals surface area (Å²) in [6, 6.07) is 0. The zero-order chi connectivity index (χ0) is 15.2. The van der Waals surface area contributed by atoms with Crippen LogP contribution < -0.4 is 5.32 Å². The van der Waals surface area contributed by atoms with Crippen molar-refractivity contribution in [1.29, 1.82) is 0 Å². The van der Waals surface area contributed by atoms with Gasteiger partial charge in [-0.05, 0) is 26.4 Å². The van der Waals surface area contributed by atoms with Crippen molar-refractivity contribution in [2.75, 3.05) is 46.4 Å². The number of hydrogen-bond donors (Lipinski definition) is 1. The summed E-state index contributed by atoms with van der Waals surface area (Å²) in [5.74, 6) is 0. The van der Waals surface area contributed by atoms with Crippen LogP contribution in [0.25, 0.3) is 0 Å². The number of amides is 1. The van der Waals surface area contributed by atoms with Crippen LogP contribution in [0.15, 0.2) is 0 Å². The fourth-order valence-corrected chi connectivity index (χ4v) is 1.95. The number of carbonyl (C=O) groups excluding carboxylic acids is 1. The largest absolute Gasteiger partial charge is 0.359 e. The fraction of sp³-hybridized carbons (Fsp3) is 0.933. The number of carbonyl (C=O) groups is 1. The van der Waals surface area contributed by atoms with Crippen LogP contribution in [0.5, 0.6) is 0 Å². The molecule has 0 aromatic carbocycles. The summed E-state index contributed by atoms with van der Waals surface area (Å²) in [4.78, 5) is 14.6. The predicted octanol–water partition coefficient (Wildman–Crippen LogP) is 1.54. The van der Waals surface area contributed by atoms with Gasteiger partial charge in [-0.3, -0.25) is 4.79 Å². The second-order valence-corrected chi connectivity index (χ2v) is 5.23. The van der Waals surface area contributed by atoms with E-state index in [9.17, 15) is 4.79 Å². The minimum absolute atomic E-state index is 0.00694. The van der Waals surface area contributed by atoms with Gasteiger partial charge < -0.3 is 19.9 Å². The number of nitrogens with zero attached hydrogens (tertiary/aromatic N) is 2. The molecule has 0 radical (unpaired) electrons. The number of likely N-dealkylation sites (N-methyl/N-ethyl adjacent to an activating group) is 2. The monoisotopic (exact) mass is 287 g/mol. The van der Waals surface area contributed by atoms with Crippen LogP contribution >= 0.6 is 0 Å². The Bertz CT molecular complexity index is 213. The van der Waals surface area contributed by atoms with Crippen molar-refractivity contribution in [3.63, 3.8) is 0 Å². The van der Waals surface area contributed by atoms with Gasteiger partial charge in [-0.1, -0.05) is 27.2 Å². The fourth-order valence-electron chi connectivity index (χ4n) is 1.95. The maximum absolute atomic E-state index is 9.77. The summed E-state index contributed by atoms with van der Waals surface area (Å²) in [5, 5.41) is 2.54. The molecule has 0 bridgehead atoms. The van der Waals surface area contributed by atoms with Gasteiger partial charge in [-0.15, -0.1) is 0 Å². The van der Waals surface area contributed by atoms with E-state index in [4.69, 9.17) is 4.74 Å². The van der Waals surface area contributed by atoms with Gasteiger partial charge in [0.05, 0.1) is 0 Å². The standard InChI is InChI=1S/C7H16N2.C5H9NO2.C3H8/c1-3-9-6-4-8(2)5-7-9;7-4-6-5-2-1-3-8-5;1-3-2/h3-7H2,1-2H3;4-5H,1-3H2,(H,6,7);3H2,1-2H3. The van der Waals surface area contributed by atoms with Gasteiger partial charge in [-0.25, -0.2) is 0 Å². The van der Waals surface area contributed by atoms with Crippen molar-refractivity contribution in [3.8, 4) is 0 Å². The first-order valence-electron chi connectivity index (χ1n) is 7.90. The topological polar surface area (TPSA) is 44.8 Å². The van der Waals surface area contributed by atoms with Gasteiger partial charge in [0.15, 0.2) is 0 Å². The maximum atomic E-state index is 9.77. The summed E-state index contributed by atoms with van der Waals surface area (Å²) < 4.78 is 5.05. The number of nitrogens with one attached hydrogen (secondary N) is 1. The Morgan fingerprint density at radius 2 is 1.80 bits per heavy atom. The Morgan fingerprint density at radius 3 is 2.20 bits per heavy atom. The summed E-state index contributed by atoms with van der Waals surface area (Å²) in [5.41, 5.74) is 0. The molecule has 2 aliphatic rings. The SMILES string of the molecule is CCC.CCN1CCN(C)CC1.O=CNC1CCCO1. The van der Waals surface area contributed by atoms with E-state index in [1.165, 1.54) is 39.1 Å². The van der Waals surface area contributed by atoms with E-state index in [0.29, 0.717) is 6.41 Å². The van der Waals surface area contributed by atoms with Crippen LogP contribution in [0.4, 0.5) is 0 Å². The van der Waals surface area contributed by atoms with Crippen LogP contribution in [0.1, 0.15) is 40.0 Å². The highest BCUT2D eigenvalue weighted by Crippen LogP contribution is 2.07. The van der Waals surface area contributed by atoms with Crippen molar-refractivity contribution in [2.45, 2.75) is 46.3 Å². The summed E-state index contributed by atoms with van der Waals surface area (Å²) in [6.07, 6.45) is 3.94. The Balaban J connectivity index is 0.000000304. The molecule has 0 aliphatic carbocycles. The molecule has 5 heteroatoms. The molecule has 120 valence electrons. The lowest BCUT2D eigenvalue weighted by molar-refractivity contribution is -0.112. The van der Waals surface area contributed by atoms with E-state index in [2.05, 4.69) is 42.9 Å². The van der Waals surface area contributed by atoms with E-state index in [1.807, 2.05) is 0 Å². The quantitative estimate of drug-likeness (QED) is 0.800. The zero-order valence-electron chi connectivity index (χ0n) is 13.7. The molecular formula is C15H33N3O2. The first-order chi connectivity index (χ1) is 9.67. The van der Waals surface area contributed by atoms with Crippen molar-refractivity contribution in [3.05, 3.63) is 0 Å². The Kier molecular flexibility index (Phi) is 12.9. The smallest absolute Gasteiger partial charge is 0.209 e. The molecule has 2 aliphatic heterocycles. The van der Waals surface area contributed by atoms with E-state index in [0.717, 1.165) is 19.4 Å². The van der Waals surface area contributed by atoms with E-state index < -0.39 is 0 Å². The van der Waals surface area contributed by atoms with E-state index in [-0.39, 0.29) is 6.23 Å².